The van der Waals surface area contributed by atoms with Crippen molar-refractivity contribution >= 4 is 11.8 Å². The van der Waals surface area contributed by atoms with Gasteiger partial charge >= 0.3 is 0 Å². The molecule has 0 aromatic carbocycles. The molecule has 0 spiro atoms. The maximum atomic E-state index is 11.4. The fourth-order valence-electron chi connectivity index (χ4n) is 2.05. The van der Waals surface area contributed by atoms with Crippen molar-refractivity contribution in [3.8, 4) is 0 Å². The molecule has 5 nitrogen and oxygen atoms in total. The lowest BCUT2D eigenvalue weighted by molar-refractivity contribution is -0.126. The fourth-order valence-corrected chi connectivity index (χ4v) is 2.05. The second-order valence-electron chi connectivity index (χ2n) is 3.77. The monoisotopic (exact) mass is 197 g/mol. The van der Waals surface area contributed by atoms with Gasteiger partial charge in [0.05, 0.1) is 12.5 Å². The van der Waals surface area contributed by atoms with Crippen molar-refractivity contribution in [1.29, 1.82) is 0 Å². The number of carbonyl (C=O) groups is 2. The summed E-state index contributed by atoms with van der Waals surface area (Å²) in [6, 6.07) is 0.182. The molecule has 2 aliphatic rings. The predicted octanol–water partition coefficient (Wildman–Crippen LogP) is -1.30. The molecule has 0 aromatic rings. The van der Waals surface area contributed by atoms with E-state index in [1.165, 1.54) is 0 Å². The standard InChI is InChI=1S/C9H15N3O2/c1-2-12(6-4-10-5-6)7-3-8(13)11-9(7)14/h6-7,10H,2-5H2,1H3,(H,11,13,14). The molecule has 14 heavy (non-hydrogen) atoms. The van der Waals surface area contributed by atoms with Crippen LogP contribution in [-0.4, -0.2) is 48.4 Å². The number of likely N-dealkylation sites (N-methyl/N-ethyl adjacent to an activating group) is 1. The molecule has 2 amide bonds. The topological polar surface area (TPSA) is 61.4 Å². The first kappa shape index (κ1) is 9.61. The largest absolute Gasteiger partial charge is 0.314 e. The van der Waals surface area contributed by atoms with Crippen LogP contribution in [0.5, 0.6) is 0 Å². The third kappa shape index (κ3) is 1.53. The highest BCUT2D eigenvalue weighted by Crippen LogP contribution is 2.16. The van der Waals surface area contributed by atoms with Gasteiger partial charge in [-0.1, -0.05) is 6.92 Å². The van der Waals surface area contributed by atoms with Crippen LogP contribution in [0, 0.1) is 0 Å². The summed E-state index contributed by atoms with van der Waals surface area (Å²) >= 11 is 0. The van der Waals surface area contributed by atoms with Gasteiger partial charge in [-0.05, 0) is 6.54 Å². The Hall–Kier alpha value is -0.940. The molecule has 2 rings (SSSR count). The molecule has 1 unspecified atom stereocenters. The molecule has 2 aliphatic heterocycles. The number of nitrogens with zero attached hydrogens (tertiary/aromatic N) is 1. The lowest BCUT2D eigenvalue weighted by Crippen LogP contribution is -2.61. The maximum absolute atomic E-state index is 11.4. The summed E-state index contributed by atoms with van der Waals surface area (Å²) in [5.41, 5.74) is 0. The van der Waals surface area contributed by atoms with Crippen molar-refractivity contribution in [3.63, 3.8) is 0 Å². The Kier molecular flexibility index (Phi) is 2.52. The van der Waals surface area contributed by atoms with E-state index in [0.29, 0.717) is 12.5 Å². The SMILES string of the molecule is CCN(C1CNC1)C1CC(=O)NC1=O. The van der Waals surface area contributed by atoms with Gasteiger partial charge in [0.25, 0.3) is 0 Å². The zero-order chi connectivity index (χ0) is 10.1. The van der Waals surface area contributed by atoms with Crippen molar-refractivity contribution in [1.82, 2.24) is 15.5 Å². The van der Waals surface area contributed by atoms with E-state index >= 15 is 0 Å². The highest BCUT2D eigenvalue weighted by atomic mass is 16.2. The second-order valence-corrected chi connectivity index (χ2v) is 3.77. The Balaban J connectivity index is 2.03. The van der Waals surface area contributed by atoms with E-state index < -0.39 is 0 Å². The van der Waals surface area contributed by atoms with Gasteiger partial charge in [0.1, 0.15) is 0 Å². The van der Waals surface area contributed by atoms with Crippen LogP contribution >= 0.6 is 0 Å². The van der Waals surface area contributed by atoms with E-state index in [1.807, 2.05) is 6.92 Å². The fraction of sp³-hybridized carbons (Fsp3) is 0.778. The minimum Gasteiger partial charge on any atom is -0.314 e. The van der Waals surface area contributed by atoms with Crippen LogP contribution in [0.15, 0.2) is 0 Å². The summed E-state index contributed by atoms with van der Waals surface area (Å²) in [7, 11) is 0. The van der Waals surface area contributed by atoms with Crippen molar-refractivity contribution in [2.75, 3.05) is 19.6 Å². The molecule has 0 bridgehead atoms. The number of hydrogen-bond acceptors (Lipinski definition) is 4. The average Bonchev–Trinajstić information content (AvgIpc) is 2.37. The molecule has 2 heterocycles. The molecule has 0 aliphatic carbocycles. The van der Waals surface area contributed by atoms with Gasteiger partial charge in [0.2, 0.25) is 11.8 Å². The smallest absolute Gasteiger partial charge is 0.244 e. The molecular weight excluding hydrogens is 182 g/mol. The van der Waals surface area contributed by atoms with E-state index in [-0.39, 0.29) is 17.9 Å². The first-order chi connectivity index (χ1) is 6.72. The lowest BCUT2D eigenvalue weighted by atomic mass is 10.1. The van der Waals surface area contributed by atoms with Crippen LogP contribution in [0.25, 0.3) is 0 Å². The Bertz CT molecular complexity index is 263. The van der Waals surface area contributed by atoms with Gasteiger partial charge in [0.15, 0.2) is 0 Å². The number of nitrogens with one attached hydrogen (secondary N) is 2. The van der Waals surface area contributed by atoms with E-state index in [1.54, 1.807) is 0 Å². The van der Waals surface area contributed by atoms with Gasteiger partial charge in [-0.3, -0.25) is 19.8 Å². The van der Waals surface area contributed by atoms with Crippen LogP contribution in [0.3, 0.4) is 0 Å². The van der Waals surface area contributed by atoms with Crippen molar-refractivity contribution in [3.05, 3.63) is 0 Å². The van der Waals surface area contributed by atoms with Crippen molar-refractivity contribution < 1.29 is 9.59 Å². The lowest BCUT2D eigenvalue weighted by Gasteiger charge is -2.39. The number of amides is 2. The van der Waals surface area contributed by atoms with E-state index in [0.717, 1.165) is 19.6 Å². The average molecular weight is 197 g/mol. The normalized spacial score (nSPS) is 28.0. The summed E-state index contributed by atoms with van der Waals surface area (Å²) in [6.45, 7) is 4.68. The molecule has 5 heteroatoms. The van der Waals surface area contributed by atoms with Gasteiger partial charge in [-0.15, -0.1) is 0 Å². The third-order valence-electron chi connectivity index (χ3n) is 2.94. The highest BCUT2D eigenvalue weighted by Gasteiger charge is 2.39. The summed E-state index contributed by atoms with van der Waals surface area (Å²) < 4.78 is 0. The Labute approximate surface area is 82.8 Å². The zero-order valence-corrected chi connectivity index (χ0v) is 8.25. The van der Waals surface area contributed by atoms with Crippen LogP contribution in [-0.2, 0) is 9.59 Å². The third-order valence-corrected chi connectivity index (χ3v) is 2.94. The quantitative estimate of drug-likeness (QED) is 0.552. The number of rotatable bonds is 3. The summed E-state index contributed by atoms with van der Waals surface area (Å²) in [5.74, 6) is -0.283. The van der Waals surface area contributed by atoms with Crippen molar-refractivity contribution in [2.24, 2.45) is 0 Å². The van der Waals surface area contributed by atoms with Gasteiger partial charge in [-0.25, -0.2) is 0 Å². The van der Waals surface area contributed by atoms with Gasteiger partial charge in [0, 0.05) is 19.1 Å². The number of hydrogen-bond donors (Lipinski definition) is 2. The van der Waals surface area contributed by atoms with Gasteiger partial charge in [-0.2, -0.15) is 0 Å². The highest BCUT2D eigenvalue weighted by molar-refractivity contribution is 6.05. The first-order valence-electron chi connectivity index (χ1n) is 5.02. The molecule has 0 saturated carbocycles. The van der Waals surface area contributed by atoms with Gasteiger partial charge < -0.3 is 5.32 Å². The summed E-state index contributed by atoms with van der Waals surface area (Å²) in [5, 5.41) is 5.51. The van der Waals surface area contributed by atoms with Crippen LogP contribution in [0.4, 0.5) is 0 Å². The second kappa shape index (κ2) is 3.67. The molecule has 1 atom stereocenters. The molecule has 2 fully saturated rings. The van der Waals surface area contributed by atoms with E-state index in [9.17, 15) is 9.59 Å². The Morgan fingerprint density at radius 2 is 2.14 bits per heavy atom. The van der Waals surface area contributed by atoms with E-state index in [2.05, 4.69) is 15.5 Å². The Morgan fingerprint density at radius 3 is 2.50 bits per heavy atom. The molecule has 0 radical (unpaired) electrons. The minimum absolute atomic E-state index is 0.135. The van der Waals surface area contributed by atoms with Crippen LogP contribution in [0.1, 0.15) is 13.3 Å². The minimum atomic E-state index is -0.236. The molecule has 2 saturated heterocycles. The predicted molar refractivity (Wildman–Crippen MR) is 50.6 cm³/mol. The summed E-state index contributed by atoms with van der Waals surface area (Å²) in [6.07, 6.45) is 0.323. The first-order valence-corrected chi connectivity index (χ1v) is 5.02. The van der Waals surface area contributed by atoms with Crippen LogP contribution in [0.2, 0.25) is 0 Å². The summed E-state index contributed by atoms with van der Waals surface area (Å²) in [4.78, 5) is 24.6. The maximum Gasteiger partial charge on any atom is 0.244 e. The molecule has 78 valence electrons. The molecular formula is C9H15N3O2. The molecule has 0 aromatic heterocycles. The van der Waals surface area contributed by atoms with E-state index in [4.69, 9.17) is 0 Å². The number of imide groups is 1. The molecule has 2 N–H and O–H groups in total. The van der Waals surface area contributed by atoms with Crippen molar-refractivity contribution in [2.45, 2.75) is 25.4 Å². The number of carbonyl (C=O) groups excluding carboxylic acids is 2. The van der Waals surface area contributed by atoms with Crippen LogP contribution < -0.4 is 10.6 Å². The Morgan fingerprint density at radius 1 is 1.43 bits per heavy atom. The zero-order valence-electron chi connectivity index (χ0n) is 8.25.